The number of benzene rings is 1. The molecule has 140 valence electrons. The van der Waals surface area contributed by atoms with E-state index in [0.29, 0.717) is 30.4 Å². The number of nitrogens with zero attached hydrogens (tertiary/aromatic N) is 3. The molecule has 1 aromatic carbocycles. The minimum absolute atomic E-state index is 0.0600. The summed E-state index contributed by atoms with van der Waals surface area (Å²) in [5.41, 5.74) is 1.38. The Hall–Kier alpha value is -2.93. The van der Waals surface area contributed by atoms with Crippen LogP contribution in [-0.2, 0) is 11.3 Å². The molecule has 0 radical (unpaired) electrons. The van der Waals surface area contributed by atoms with Gasteiger partial charge in [0.2, 0.25) is 0 Å². The lowest BCUT2D eigenvalue weighted by molar-refractivity contribution is 0.0491. The lowest BCUT2D eigenvalue weighted by atomic mass is 10.1. The maximum atomic E-state index is 13.1. The standard InChI is InChI=1S/C20H21N3O4/c1-14-21-19(27-22-14)15-6-8-16(9-7-15)20(24)23(12-17-4-2-10-25-17)13-18-5-3-11-26-18/h2,4,6-10,18H,3,5,11-13H2,1H3. The van der Waals surface area contributed by atoms with Crippen LogP contribution in [0.5, 0.6) is 0 Å². The van der Waals surface area contributed by atoms with E-state index in [2.05, 4.69) is 10.1 Å². The maximum Gasteiger partial charge on any atom is 0.257 e. The van der Waals surface area contributed by atoms with Gasteiger partial charge in [0, 0.05) is 24.3 Å². The molecule has 0 aliphatic carbocycles. The molecule has 1 unspecified atom stereocenters. The summed E-state index contributed by atoms with van der Waals surface area (Å²) in [6.45, 7) is 3.48. The Morgan fingerprint density at radius 2 is 2.11 bits per heavy atom. The van der Waals surface area contributed by atoms with E-state index in [1.54, 1.807) is 30.2 Å². The molecule has 4 rings (SSSR count). The Kier molecular flexibility index (Phi) is 5.02. The highest BCUT2D eigenvalue weighted by Crippen LogP contribution is 2.21. The molecule has 1 amide bonds. The summed E-state index contributed by atoms with van der Waals surface area (Å²) < 4.78 is 16.3. The molecule has 1 aliphatic rings. The van der Waals surface area contributed by atoms with Crippen molar-refractivity contribution in [2.45, 2.75) is 32.4 Å². The van der Waals surface area contributed by atoms with Crippen LogP contribution in [0.1, 0.15) is 34.8 Å². The molecule has 7 nitrogen and oxygen atoms in total. The zero-order valence-corrected chi connectivity index (χ0v) is 15.1. The number of carbonyl (C=O) groups is 1. The van der Waals surface area contributed by atoms with Crippen molar-refractivity contribution in [2.75, 3.05) is 13.2 Å². The molecule has 0 saturated carbocycles. The fourth-order valence-electron chi connectivity index (χ4n) is 3.20. The van der Waals surface area contributed by atoms with Gasteiger partial charge in [-0.15, -0.1) is 0 Å². The predicted octanol–water partition coefficient (Wildman–Crippen LogP) is 3.46. The van der Waals surface area contributed by atoms with Gasteiger partial charge in [-0.1, -0.05) is 5.16 Å². The smallest absolute Gasteiger partial charge is 0.257 e. The minimum atomic E-state index is -0.0600. The van der Waals surface area contributed by atoms with Gasteiger partial charge in [-0.2, -0.15) is 4.98 Å². The van der Waals surface area contributed by atoms with Gasteiger partial charge in [-0.05, 0) is 56.2 Å². The molecular formula is C20H21N3O4. The van der Waals surface area contributed by atoms with Crippen molar-refractivity contribution in [2.24, 2.45) is 0 Å². The zero-order chi connectivity index (χ0) is 18.6. The molecule has 1 saturated heterocycles. The van der Waals surface area contributed by atoms with Crippen LogP contribution in [-0.4, -0.2) is 40.2 Å². The largest absolute Gasteiger partial charge is 0.467 e. The first-order chi connectivity index (χ1) is 13.2. The molecule has 3 aromatic rings. The Morgan fingerprint density at radius 1 is 1.26 bits per heavy atom. The number of ether oxygens (including phenoxy) is 1. The van der Waals surface area contributed by atoms with Gasteiger partial charge in [0.1, 0.15) is 5.76 Å². The third-order valence-electron chi connectivity index (χ3n) is 4.57. The number of amides is 1. The van der Waals surface area contributed by atoms with E-state index in [-0.39, 0.29) is 12.0 Å². The zero-order valence-electron chi connectivity index (χ0n) is 15.1. The molecule has 1 aliphatic heterocycles. The van der Waals surface area contributed by atoms with Crippen molar-refractivity contribution < 1.29 is 18.5 Å². The predicted molar refractivity (Wildman–Crippen MR) is 96.9 cm³/mol. The first-order valence-electron chi connectivity index (χ1n) is 9.03. The summed E-state index contributed by atoms with van der Waals surface area (Å²) in [5.74, 6) is 1.71. The van der Waals surface area contributed by atoms with E-state index in [4.69, 9.17) is 13.7 Å². The van der Waals surface area contributed by atoms with E-state index in [9.17, 15) is 4.79 Å². The van der Waals surface area contributed by atoms with Crippen molar-refractivity contribution in [3.05, 3.63) is 59.8 Å². The quantitative estimate of drug-likeness (QED) is 0.664. The molecule has 1 atom stereocenters. The first kappa shape index (κ1) is 17.5. The number of carbonyl (C=O) groups excluding carboxylic acids is 1. The van der Waals surface area contributed by atoms with Crippen molar-refractivity contribution in [1.82, 2.24) is 15.0 Å². The Morgan fingerprint density at radius 3 is 2.74 bits per heavy atom. The van der Waals surface area contributed by atoms with Crippen LogP contribution >= 0.6 is 0 Å². The van der Waals surface area contributed by atoms with E-state index >= 15 is 0 Å². The number of rotatable bonds is 6. The fraction of sp³-hybridized carbons (Fsp3) is 0.350. The van der Waals surface area contributed by atoms with Crippen LogP contribution < -0.4 is 0 Å². The van der Waals surface area contributed by atoms with Crippen LogP contribution in [0.2, 0.25) is 0 Å². The van der Waals surface area contributed by atoms with E-state index in [1.165, 1.54) is 0 Å². The van der Waals surface area contributed by atoms with Crippen LogP contribution in [0.4, 0.5) is 0 Å². The van der Waals surface area contributed by atoms with E-state index in [0.717, 1.165) is 30.8 Å². The number of hydrogen-bond donors (Lipinski definition) is 0. The monoisotopic (exact) mass is 367 g/mol. The Balaban J connectivity index is 1.52. The van der Waals surface area contributed by atoms with Gasteiger partial charge in [-0.25, -0.2) is 0 Å². The van der Waals surface area contributed by atoms with Crippen LogP contribution in [0.25, 0.3) is 11.5 Å². The second-order valence-electron chi connectivity index (χ2n) is 6.62. The van der Waals surface area contributed by atoms with E-state index < -0.39 is 0 Å². The van der Waals surface area contributed by atoms with Crippen LogP contribution in [0.15, 0.2) is 51.6 Å². The summed E-state index contributed by atoms with van der Waals surface area (Å²) in [6.07, 6.45) is 3.69. The van der Waals surface area contributed by atoms with Crippen molar-refractivity contribution >= 4 is 5.91 Å². The molecule has 2 aromatic heterocycles. The molecule has 0 spiro atoms. The van der Waals surface area contributed by atoms with Crippen molar-refractivity contribution in [3.8, 4) is 11.5 Å². The topological polar surface area (TPSA) is 81.6 Å². The molecule has 0 bridgehead atoms. The molecule has 1 fully saturated rings. The second kappa shape index (κ2) is 7.75. The molecular weight excluding hydrogens is 346 g/mol. The fourth-order valence-corrected chi connectivity index (χ4v) is 3.20. The highest BCUT2D eigenvalue weighted by atomic mass is 16.5. The average Bonchev–Trinajstić information content (AvgIpc) is 3.44. The van der Waals surface area contributed by atoms with Gasteiger partial charge in [0.15, 0.2) is 5.82 Å². The third-order valence-corrected chi connectivity index (χ3v) is 4.57. The average molecular weight is 367 g/mol. The highest BCUT2D eigenvalue weighted by molar-refractivity contribution is 5.94. The number of aryl methyl sites for hydroxylation is 1. The van der Waals surface area contributed by atoms with Gasteiger partial charge >= 0.3 is 0 Å². The maximum absolute atomic E-state index is 13.1. The van der Waals surface area contributed by atoms with Gasteiger partial charge in [-0.3, -0.25) is 4.79 Å². The SMILES string of the molecule is Cc1noc(-c2ccc(C(=O)N(Cc3ccco3)CC3CCCO3)cc2)n1. The summed E-state index contributed by atoms with van der Waals surface area (Å²) in [6, 6.07) is 10.9. The summed E-state index contributed by atoms with van der Waals surface area (Å²) in [4.78, 5) is 19.1. The van der Waals surface area contributed by atoms with Gasteiger partial charge < -0.3 is 18.6 Å². The first-order valence-corrected chi connectivity index (χ1v) is 9.03. The molecule has 0 N–H and O–H groups in total. The van der Waals surface area contributed by atoms with Crippen LogP contribution in [0, 0.1) is 6.92 Å². The molecule has 27 heavy (non-hydrogen) atoms. The lowest BCUT2D eigenvalue weighted by Gasteiger charge is -2.24. The normalized spacial score (nSPS) is 16.6. The number of aromatic nitrogens is 2. The number of hydrogen-bond acceptors (Lipinski definition) is 6. The minimum Gasteiger partial charge on any atom is -0.467 e. The summed E-state index contributed by atoms with van der Waals surface area (Å²) in [5, 5.41) is 3.79. The lowest BCUT2D eigenvalue weighted by Crippen LogP contribution is -2.36. The number of furan rings is 1. The van der Waals surface area contributed by atoms with E-state index in [1.807, 2.05) is 24.3 Å². The van der Waals surface area contributed by atoms with Crippen molar-refractivity contribution in [1.29, 1.82) is 0 Å². The summed E-state index contributed by atoms with van der Waals surface area (Å²) >= 11 is 0. The molecule has 7 heteroatoms. The molecule has 3 heterocycles. The Bertz CT molecular complexity index is 880. The Labute approximate surface area is 156 Å². The third kappa shape index (κ3) is 4.09. The summed E-state index contributed by atoms with van der Waals surface area (Å²) in [7, 11) is 0. The van der Waals surface area contributed by atoms with Gasteiger partial charge in [0.25, 0.3) is 11.8 Å². The second-order valence-corrected chi connectivity index (χ2v) is 6.62. The van der Waals surface area contributed by atoms with Crippen molar-refractivity contribution in [3.63, 3.8) is 0 Å². The van der Waals surface area contributed by atoms with Gasteiger partial charge in [0.05, 0.1) is 18.9 Å². The highest BCUT2D eigenvalue weighted by Gasteiger charge is 2.24. The van der Waals surface area contributed by atoms with Crippen LogP contribution in [0.3, 0.4) is 0 Å².